The molecule has 0 saturated carbocycles. The van der Waals surface area contributed by atoms with Gasteiger partial charge >= 0.3 is 0 Å². The average Bonchev–Trinajstić information content (AvgIpc) is 3.10. The van der Waals surface area contributed by atoms with Gasteiger partial charge in [0.1, 0.15) is 0 Å². The maximum Gasteiger partial charge on any atom is 0.243 e. The molecule has 2 heterocycles. The summed E-state index contributed by atoms with van der Waals surface area (Å²) < 4.78 is 52.5. The highest BCUT2D eigenvalue weighted by atomic mass is 32.2. The number of rotatable bonds is 4. The molecule has 0 aliphatic carbocycles. The molecule has 2 aromatic rings. The van der Waals surface area contributed by atoms with E-state index in [1.807, 2.05) is 17.5 Å². The Balaban J connectivity index is 1.64. The number of thiophene rings is 1. The first kappa shape index (κ1) is 18.0. The first-order valence-corrected chi connectivity index (χ1v) is 9.95. The lowest BCUT2D eigenvalue weighted by Crippen LogP contribution is -2.50. The van der Waals surface area contributed by atoms with Crippen LogP contribution in [0.2, 0.25) is 0 Å². The van der Waals surface area contributed by atoms with E-state index in [4.69, 9.17) is 0 Å². The predicted molar refractivity (Wildman–Crippen MR) is 89.7 cm³/mol. The summed E-state index contributed by atoms with van der Waals surface area (Å²) in [4.78, 5) is 14.5. The second kappa shape index (κ2) is 7.19. The first-order valence-electron chi connectivity index (χ1n) is 7.63. The van der Waals surface area contributed by atoms with Crippen LogP contribution in [-0.4, -0.2) is 49.7 Å². The minimum atomic E-state index is -3.91. The highest BCUT2D eigenvalue weighted by Gasteiger charge is 2.30. The fourth-order valence-corrected chi connectivity index (χ4v) is 4.77. The van der Waals surface area contributed by atoms with Crippen molar-refractivity contribution < 1.29 is 22.0 Å². The molecule has 1 aliphatic heterocycles. The number of benzene rings is 1. The van der Waals surface area contributed by atoms with E-state index in [9.17, 15) is 22.0 Å². The molecular formula is C16H16F2N2O3S2. The van der Waals surface area contributed by atoms with Gasteiger partial charge in [-0.2, -0.15) is 4.31 Å². The molecule has 0 radical (unpaired) electrons. The second-order valence-corrected chi connectivity index (χ2v) is 8.59. The number of carbonyl (C=O) groups is 1. The van der Waals surface area contributed by atoms with Gasteiger partial charge in [0.05, 0.1) is 11.3 Å². The topological polar surface area (TPSA) is 57.7 Å². The molecule has 3 rings (SSSR count). The maximum atomic E-state index is 13.3. The van der Waals surface area contributed by atoms with Crippen molar-refractivity contribution in [3.63, 3.8) is 0 Å². The van der Waals surface area contributed by atoms with Gasteiger partial charge < -0.3 is 4.90 Å². The summed E-state index contributed by atoms with van der Waals surface area (Å²) in [5, 5.41) is 1.90. The quantitative estimate of drug-likeness (QED) is 0.809. The van der Waals surface area contributed by atoms with Gasteiger partial charge in [0.2, 0.25) is 15.9 Å². The smallest absolute Gasteiger partial charge is 0.243 e. The zero-order valence-corrected chi connectivity index (χ0v) is 14.8. The lowest BCUT2D eigenvalue weighted by Gasteiger charge is -2.34. The van der Waals surface area contributed by atoms with Crippen LogP contribution in [-0.2, 0) is 21.2 Å². The number of hydrogen-bond donors (Lipinski definition) is 0. The standard InChI is InChI=1S/C16H16F2N2O3S2/c17-14-4-3-13(11-15(14)18)25(22,23)20-7-5-19(6-8-20)16(21)10-12-2-1-9-24-12/h1-4,9,11H,5-8,10H2. The molecule has 25 heavy (non-hydrogen) atoms. The fourth-order valence-electron chi connectivity index (χ4n) is 2.64. The third-order valence-corrected chi connectivity index (χ3v) is 6.80. The van der Waals surface area contributed by atoms with Crippen LogP contribution in [0, 0.1) is 11.6 Å². The molecule has 0 spiro atoms. The van der Waals surface area contributed by atoms with Crippen LogP contribution in [0.15, 0.2) is 40.6 Å². The maximum absolute atomic E-state index is 13.3. The Bertz CT molecular complexity index is 862. The van der Waals surface area contributed by atoms with Crippen LogP contribution >= 0.6 is 11.3 Å². The molecule has 5 nitrogen and oxygen atoms in total. The molecular weight excluding hydrogens is 370 g/mol. The molecule has 1 amide bonds. The Morgan fingerprint density at radius 1 is 1.08 bits per heavy atom. The Hall–Kier alpha value is -1.84. The van der Waals surface area contributed by atoms with E-state index in [-0.39, 0.29) is 37.0 Å². The molecule has 1 aliphatic rings. The van der Waals surface area contributed by atoms with Gasteiger partial charge in [0, 0.05) is 31.1 Å². The minimum Gasteiger partial charge on any atom is -0.340 e. The van der Waals surface area contributed by atoms with Gasteiger partial charge in [0.15, 0.2) is 11.6 Å². The van der Waals surface area contributed by atoms with Crippen molar-refractivity contribution in [2.75, 3.05) is 26.2 Å². The number of halogens is 2. The summed E-state index contributed by atoms with van der Waals surface area (Å²) in [5.41, 5.74) is 0. The van der Waals surface area contributed by atoms with Gasteiger partial charge in [-0.1, -0.05) is 6.07 Å². The molecule has 1 saturated heterocycles. The summed E-state index contributed by atoms with van der Waals surface area (Å²) >= 11 is 1.50. The number of carbonyl (C=O) groups excluding carboxylic acids is 1. The SMILES string of the molecule is O=C(Cc1cccs1)N1CCN(S(=O)(=O)c2ccc(F)c(F)c2)CC1. The second-order valence-electron chi connectivity index (χ2n) is 5.62. The van der Waals surface area contributed by atoms with Crippen LogP contribution in [0.3, 0.4) is 0 Å². The predicted octanol–water partition coefficient (Wildman–Crippen LogP) is 2.10. The van der Waals surface area contributed by atoms with Crippen molar-refractivity contribution in [3.05, 3.63) is 52.2 Å². The molecule has 9 heteroatoms. The summed E-state index contributed by atoms with van der Waals surface area (Å²) in [7, 11) is -3.91. The number of amides is 1. The van der Waals surface area contributed by atoms with Crippen LogP contribution in [0.5, 0.6) is 0 Å². The highest BCUT2D eigenvalue weighted by Crippen LogP contribution is 2.20. The number of hydrogen-bond acceptors (Lipinski definition) is 4. The van der Waals surface area contributed by atoms with E-state index >= 15 is 0 Å². The van der Waals surface area contributed by atoms with Crippen molar-refractivity contribution >= 4 is 27.3 Å². The Kier molecular flexibility index (Phi) is 5.16. The normalized spacial score (nSPS) is 16.2. The van der Waals surface area contributed by atoms with Crippen molar-refractivity contribution in [3.8, 4) is 0 Å². The van der Waals surface area contributed by atoms with Crippen LogP contribution in [0.1, 0.15) is 4.88 Å². The molecule has 0 unspecified atom stereocenters. The van der Waals surface area contributed by atoms with Crippen molar-refractivity contribution in [1.29, 1.82) is 0 Å². The molecule has 0 N–H and O–H groups in total. The molecule has 134 valence electrons. The summed E-state index contributed by atoms with van der Waals surface area (Å²) in [6.07, 6.45) is 0.299. The summed E-state index contributed by atoms with van der Waals surface area (Å²) in [5.74, 6) is -2.35. The van der Waals surface area contributed by atoms with E-state index in [0.717, 1.165) is 17.0 Å². The molecule has 1 aromatic heterocycles. The van der Waals surface area contributed by atoms with Gasteiger partial charge in [-0.25, -0.2) is 17.2 Å². The van der Waals surface area contributed by atoms with Crippen LogP contribution < -0.4 is 0 Å². The number of nitrogens with zero attached hydrogens (tertiary/aromatic N) is 2. The van der Waals surface area contributed by atoms with Gasteiger partial charge in [-0.05, 0) is 29.6 Å². The Morgan fingerprint density at radius 3 is 2.40 bits per heavy atom. The monoisotopic (exact) mass is 386 g/mol. The zero-order valence-electron chi connectivity index (χ0n) is 13.2. The third-order valence-electron chi connectivity index (χ3n) is 4.03. The van der Waals surface area contributed by atoms with Crippen molar-refractivity contribution in [1.82, 2.24) is 9.21 Å². The summed E-state index contributed by atoms with van der Waals surface area (Å²) in [6.45, 7) is 0.787. The van der Waals surface area contributed by atoms with Gasteiger partial charge in [-0.3, -0.25) is 4.79 Å². The van der Waals surface area contributed by atoms with E-state index in [1.54, 1.807) is 4.90 Å². The van der Waals surface area contributed by atoms with Crippen LogP contribution in [0.4, 0.5) is 8.78 Å². The number of piperazine rings is 1. The summed E-state index contributed by atoms with van der Waals surface area (Å²) in [6, 6.07) is 6.27. The molecule has 0 atom stereocenters. The molecule has 1 aromatic carbocycles. The minimum absolute atomic E-state index is 0.0488. The number of sulfonamides is 1. The molecule has 1 fully saturated rings. The average molecular weight is 386 g/mol. The van der Waals surface area contributed by atoms with Gasteiger partial charge in [-0.15, -0.1) is 11.3 Å². The van der Waals surface area contributed by atoms with Gasteiger partial charge in [0.25, 0.3) is 0 Å². The Morgan fingerprint density at radius 2 is 1.80 bits per heavy atom. The van der Waals surface area contributed by atoms with E-state index < -0.39 is 21.7 Å². The van der Waals surface area contributed by atoms with Crippen LogP contribution in [0.25, 0.3) is 0 Å². The highest BCUT2D eigenvalue weighted by molar-refractivity contribution is 7.89. The largest absolute Gasteiger partial charge is 0.340 e. The molecule has 0 bridgehead atoms. The van der Waals surface area contributed by atoms with E-state index in [2.05, 4.69) is 0 Å². The van der Waals surface area contributed by atoms with Crippen molar-refractivity contribution in [2.24, 2.45) is 0 Å². The van der Waals surface area contributed by atoms with E-state index in [1.165, 1.54) is 15.6 Å². The Labute approximate surface area is 148 Å². The van der Waals surface area contributed by atoms with Crippen molar-refractivity contribution in [2.45, 2.75) is 11.3 Å². The first-order chi connectivity index (χ1) is 11.9. The zero-order chi connectivity index (χ0) is 18.0. The lowest BCUT2D eigenvalue weighted by atomic mass is 10.3. The lowest BCUT2D eigenvalue weighted by molar-refractivity contribution is -0.131. The third kappa shape index (κ3) is 3.88. The van der Waals surface area contributed by atoms with E-state index in [0.29, 0.717) is 12.5 Å². The fraction of sp³-hybridized carbons (Fsp3) is 0.312.